The largest absolute Gasteiger partial charge is 0.633 e. The molecule has 1 aromatic rings. The van der Waals surface area contributed by atoms with Crippen molar-refractivity contribution in [2.75, 3.05) is 49.6 Å². The van der Waals surface area contributed by atoms with Gasteiger partial charge >= 0.3 is 6.09 Å². The van der Waals surface area contributed by atoms with E-state index in [2.05, 4.69) is 5.32 Å². The monoisotopic (exact) mass is 393 g/mol. The number of piperidine rings is 1. The minimum atomic E-state index is -1.22. The average molecular weight is 393 g/mol. The Kier molecular flexibility index (Phi) is 5.20. The first-order valence-electron chi connectivity index (χ1n) is 10.1. The Labute approximate surface area is 164 Å². The number of nitrogens with one attached hydrogen (secondary N) is 1. The summed E-state index contributed by atoms with van der Waals surface area (Å²) >= 11 is 0. The van der Waals surface area contributed by atoms with Crippen LogP contribution in [0.25, 0.3) is 0 Å². The first-order chi connectivity index (χ1) is 13.4. The Morgan fingerprint density at radius 3 is 2.86 bits per heavy atom. The number of ether oxygens (including phenoxy) is 1. The van der Waals surface area contributed by atoms with Crippen LogP contribution in [0.5, 0.6) is 0 Å². The Balaban J connectivity index is 1.48. The number of amides is 1. The highest BCUT2D eigenvalue weighted by atomic mass is 19.1. The molecule has 3 aliphatic rings. The fourth-order valence-corrected chi connectivity index (χ4v) is 5.33. The van der Waals surface area contributed by atoms with Crippen LogP contribution >= 0.6 is 0 Å². The van der Waals surface area contributed by atoms with E-state index in [0.717, 1.165) is 38.6 Å². The highest BCUT2D eigenvalue weighted by molar-refractivity contribution is 5.83. The van der Waals surface area contributed by atoms with E-state index in [-0.39, 0.29) is 21.8 Å². The number of carbonyl (C=O) groups is 1. The summed E-state index contributed by atoms with van der Waals surface area (Å²) in [5.74, 6) is -0.436. The second kappa shape index (κ2) is 7.50. The Hall–Kier alpha value is -1.90. The van der Waals surface area contributed by atoms with Gasteiger partial charge in [-0.2, -0.15) is 0 Å². The number of hydroxylamine groups is 3. The summed E-state index contributed by atoms with van der Waals surface area (Å²) in [7, 11) is 0. The van der Waals surface area contributed by atoms with E-state index < -0.39 is 11.9 Å². The molecule has 1 spiro atoms. The number of quaternary nitrogens is 1. The molecule has 0 aromatic heterocycles. The summed E-state index contributed by atoms with van der Waals surface area (Å²) in [5.41, 5.74) is 0.635. The number of carboxylic acid groups (broad SMARTS) is 1. The van der Waals surface area contributed by atoms with Crippen LogP contribution in [0, 0.1) is 16.4 Å². The van der Waals surface area contributed by atoms with Gasteiger partial charge in [0.2, 0.25) is 0 Å². The predicted octanol–water partition coefficient (Wildman–Crippen LogP) is 3.40. The molecule has 28 heavy (non-hydrogen) atoms. The molecule has 7 nitrogen and oxygen atoms in total. The number of anilines is 2. The average Bonchev–Trinajstić information content (AvgIpc) is 2.99. The van der Waals surface area contributed by atoms with Crippen LogP contribution in [0.2, 0.25) is 0 Å². The first kappa shape index (κ1) is 19.4. The van der Waals surface area contributed by atoms with Gasteiger partial charge in [0, 0.05) is 43.5 Å². The molecule has 0 aliphatic carbocycles. The molecule has 0 saturated carbocycles. The lowest BCUT2D eigenvalue weighted by atomic mass is 9.79. The van der Waals surface area contributed by atoms with Crippen molar-refractivity contribution in [3.8, 4) is 0 Å². The van der Waals surface area contributed by atoms with E-state index in [1.807, 2.05) is 4.90 Å². The molecular weight excluding hydrogens is 365 g/mol. The van der Waals surface area contributed by atoms with E-state index in [0.29, 0.717) is 38.5 Å². The molecule has 3 aliphatic heterocycles. The van der Waals surface area contributed by atoms with Crippen LogP contribution in [-0.4, -0.2) is 61.3 Å². The molecular formula is C20H28FN3O4. The van der Waals surface area contributed by atoms with Gasteiger partial charge in [-0.05, 0) is 31.0 Å². The van der Waals surface area contributed by atoms with Crippen molar-refractivity contribution in [1.82, 2.24) is 0 Å². The number of hydrogen-bond donors (Lipinski definition) is 2. The van der Waals surface area contributed by atoms with Crippen molar-refractivity contribution >= 4 is 17.5 Å². The minimum absolute atomic E-state index is 0.0667. The van der Waals surface area contributed by atoms with Gasteiger partial charge in [-0.15, -0.1) is 0 Å². The van der Waals surface area contributed by atoms with Gasteiger partial charge in [-0.1, -0.05) is 0 Å². The van der Waals surface area contributed by atoms with Crippen molar-refractivity contribution in [3.05, 3.63) is 29.2 Å². The third-order valence-corrected chi connectivity index (χ3v) is 6.68. The van der Waals surface area contributed by atoms with Crippen molar-refractivity contribution in [3.63, 3.8) is 0 Å². The fourth-order valence-electron chi connectivity index (χ4n) is 5.33. The molecule has 0 radical (unpaired) electrons. The summed E-state index contributed by atoms with van der Waals surface area (Å²) < 4.78 is 19.9. The lowest BCUT2D eigenvalue weighted by Crippen LogP contribution is -2.54. The van der Waals surface area contributed by atoms with Gasteiger partial charge < -0.3 is 24.6 Å². The Bertz CT molecular complexity index is 742. The van der Waals surface area contributed by atoms with Gasteiger partial charge in [0.1, 0.15) is 5.82 Å². The van der Waals surface area contributed by atoms with Crippen LogP contribution in [-0.2, 0) is 4.74 Å². The molecule has 3 heterocycles. The van der Waals surface area contributed by atoms with E-state index in [4.69, 9.17) is 9.84 Å². The van der Waals surface area contributed by atoms with Gasteiger partial charge in [-0.25, -0.2) is 9.18 Å². The molecule has 1 amide bonds. The third-order valence-electron chi connectivity index (χ3n) is 6.68. The smallest absolute Gasteiger partial charge is 0.409 e. The minimum Gasteiger partial charge on any atom is -0.633 e. The highest BCUT2D eigenvalue weighted by Gasteiger charge is 2.49. The number of halogens is 1. The summed E-state index contributed by atoms with van der Waals surface area (Å²) in [6, 6.07) is 4.56. The Morgan fingerprint density at radius 1 is 1.36 bits per heavy atom. The van der Waals surface area contributed by atoms with Gasteiger partial charge in [-0.3, -0.25) is 5.32 Å². The van der Waals surface area contributed by atoms with E-state index in [1.165, 1.54) is 6.07 Å². The zero-order chi connectivity index (χ0) is 19.8. The van der Waals surface area contributed by atoms with Crippen molar-refractivity contribution < 1.29 is 23.7 Å². The molecule has 2 N–H and O–H groups in total. The van der Waals surface area contributed by atoms with E-state index in [9.17, 15) is 14.4 Å². The molecule has 8 heteroatoms. The molecule has 2 atom stereocenters. The number of benzene rings is 1. The van der Waals surface area contributed by atoms with E-state index in [1.54, 1.807) is 12.1 Å². The summed E-state index contributed by atoms with van der Waals surface area (Å²) in [6.45, 7) is 4.03. The molecule has 1 unspecified atom stereocenters. The van der Waals surface area contributed by atoms with Gasteiger partial charge in [0.15, 0.2) is 0 Å². The van der Waals surface area contributed by atoms with Crippen LogP contribution in [0.3, 0.4) is 0 Å². The number of rotatable bonds is 3. The molecule has 3 fully saturated rings. The third kappa shape index (κ3) is 3.81. The van der Waals surface area contributed by atoms with Crippen LogP contribution in [0.1, 0.15) is 32.1 Å². The Morgan fingerprint density at radius 2 is 2.14 bits per heavy atom. The van der Waals surface area contributed by atoms with Crippen molar-refractivity contribution in [2.45, 2.75) is 38.1 Å². The maximum atomic E-state index is 14.6. The number of likely N-dealkylation sites (tertiary alicyclic amines) is 1. The summed E-state index contributed by atoms with van der Waals surface area (Å²) in [4.78, 5) is 12.8. The van der Waals surface area contributed by atoms with Gasteiger partial charge in [0.05, 0.1) is 38.0 Å². The quantitative estimate of drug-likeness (QED) is 0.607. The van der Waals surface area contributed by atoms with Crippen molar-refractivity contribution in [2.24, 2.45) is 5.41 Å². The standard InChI is InChI=1S/C20H28FN3O4/c21-17-12-15(22-19(25)26)2-3-18(17)23-8-1-6-20(13-23)7-9-24(27,14-20)16-4-10-28-11-5-16/h2-3,12,16,22H,1,4-11,13-14H2,(H,25,26)/t20-,24?/m0/s1. The van der Waals surface area contributed by atoms with E-state index >= 15 is 0 Å². The molecule has 154 valence electrons. The van der Waals surface area contributed by atoms with Crippen LogP contribution in [0.15, 0.2) is 18.2 Å². The topological polar surface area (TPSA) is 84.9 Å². The maximum absolute atomic E-state index is 14.6. The SMILES string of the molecule is O=C(O)Nc1ccc(N2CCC[C@]3(CC[N+]([O-])(C4CCOCC4)C3)C2)c(F)c1. The second-order valence-electron chi connectivity index (χ2n) is 8.55. The lowest BCUT2D eigenvalue weighted by Gasteiger charge is -2.49. The maximum Gasteiger partial charge on any atom is 0.409 e. The first-order valence-corrected chi connectivity index (χ1v) is 10.1. The van der Waals surface area contributed by atoms with Crippen molar-refractivity contribution in [1.29, 1.82) is 0 Å². The van der Waals surface area contributed by atoms with Crippen LogP contribution < -0.4 is 10.2 Å². The number of nitrogens with zero attached hydrogens (tertiary/aromatic N) is 2. The fraction of sp³-hybridized carbons (Fsp3) is 0.650. The van der Waals surface area contributed by atoms with Gasteiger partial charge in [0.25, 0.3) is 0 Å². The predicted molar refractivity (Wildman–Crippen MR) is 104 cm³/mol. The molecule has 0 bridgehead atoms. The lowest BCUT2D eigenvalue weighted by molar-refractivity contribution is -0.898. The second-order valence-corrected chi connectivity index (χ2v) is 8.55. The normalized spacial score (nSPS) is 31.3. The summed E-state index contributed by atoms with van der Waals surface area (Å²) in [6.07, 6.45) is 3.27. The zero-order valence-corrected chi connectivity index (χ0v) is 16.0. The molecule has 1 aromatic carbocycles. The molecule has 3 saturated heterocycles. The zero-order valence-electron chi connectivity index (χ0n) is 16.0. The summed E-state index contributed by atoms with van der Waals surface area (Å²) in [5, 5.41) is 24.5. The highest BCUT2D eigenvalue weighted by Crippen LogP contribution is 2.45. The molecule has 4 rings (SSSR count). The number of hydrogen-bond acceptors (Lipinski definition) is 4. The van der Waals surface area contributed by atoms with Crippen LogP contribution in [0.4, 0.5) is 20.6 Å².